The minimum absolute atomic E-state index is 0.222. The Morgan fingerprint density at radius 3 is 2.76 bits per heavy atom. The van der Waals surface area contributed by atoms with Gasteiger partial charge in [0.25, 0.3) is 0 Å². The van der Waals surface area contributed by atoms with E-state index in [1.54, 1.807) is 18.3 Å². The molecular weight excluding hydrogens is 217 g/mol. The van der Waals surface area contributed by atoms with E-state index in [2.05, 4.69) is 9.97 Å². The van der Waals surface area contributed by atoms with Crippen LogP contribution in [0, 0.1) is 5.82 Å². The van der Waals surface area contributed by atoms with E-state index in [0.717, 1.165) is 5.69 Å². The molecule has 0 aliphatic rings. The third kappa shape index (κ3) is 3.07. The van der Waals surface area contributed by atoms with Crippen molar-refractivity contribution in [2.24, 2.45) is 5.73 Å². The molecule has 2 aromatic rings. The van der Waals surface area contributed by atoms with Crippen LogP contribution in [0.3, 0.4) is 0 Å². The number of halogens is 1. The molecular formula is C13H14FN3. The average Bonchev–Trinajstić information content (AvgIpc) is 2.33. The number of hydrogen-bond donors (Lipinski definition) is 1. The predicted molar refractivity (Wildman–Crippen MR) is 64.0 cm³/mol. The first kappa shape index (κ1) is 11.7. The zero-order valence-corrected chi connectivity index (χ0v) is 9.44. The molecule has 0 spiro atoms. The molecule has 0 aliphatic heterocycles. The molecule has 0 saturated carbocycles. The second-order valence-electron chi connectivity index (χ2n) is 3.77. The molecule has 4 heteroatoms. The van der Waals surface area contributed by atoms with Crippen LogP contribution in [0.15, 0.2) is 36.5 Å². The summed E-state index contributed by atoms with van der Waals surface area (Å²) >= 11 is 0. The van der Waals surface area contributed by atoms with Gasteiger partial charge in [-0.1, -0.05) is 18.2 Å². The summed E-state index contributed by atoms with van der Waals surface area (Å²) in [5, 5.41) is 0. The molecule has 3 nitrogen and oxygen atoms in total. The zero-order chi connectivity index (χ0) is 12.1. The molecule has 0 radical (unpaired) electrons. The fraction of sp³-hybridized carbons (Fsp3) is 0.231. The summed E-state index contributed by atoms with van der Waals surface area (Å²) in [6, 6.07) is 8.50. The summed E-state index contributed by atoms with van der Waals surface area (Å²) in [6.45, 7) is 0.552. The van der Waals surface area contributed by atoms with Crippen molar-refractivity contribution in [3.05, 3.63) is 59.4 Å². The molecule has 1 aromatic carbocycles. The van der Waals surface area contributed by atoms with Crippen molar-refractivity contribution in [3.63, 3.8) is 0 Å². The molecule has 1 heterocycles. The minimum atomic E-state index is -0.222. The minimum Gasteiger partial charge on any atom is -0.330 e. The number of nitrogens with zero attached hydrogens (tertiary/aromatic N) is 2. The van der Waals surface area contributed by atoms with Crippen LogP contribution >= 0.6 is 0 Å². The number of hydrogen-bond acceptors (Lipinski definition) is 3. The van der Waals surface area contributed by atoms with Crippen LogP contribution in [0.1, 0.15) is 17.1 Å². The van der Waals surface area contributed by atoms with Crippen molar-refractivity contribution in [1.29, 1.82) is 0 Å². The van der Waals surface area contributed by atoms with E-state index in [9.17, 15) is 4.39 Å². The van der Waals surface area contributed by atoms with Crippen molar-refractivity contribution < 1.29 is 4.39 Å². The Bertz CT molecular complexity index is 500. The summed E-state index contributed by atoms with van der Waals surface area (Å²) in [6.07, 6.45) is 2.81. The summed E-state index contributed by atoms with van der Waals surface area (Å²) < 4.78 is 13.4. The highest BCUT2D eigenvalue weighted by Crippen LogP contribution is 2.10. The molecule has 0 amide bonds. The van der Waals surface area contributed by atoms with Gasteiger partial charge in [-0.2, -0.15) is 0 Å². The van der Waals surface area contributed by atoms with Gasteiger partial charge in [0.05, 0.1) is 0 Å². The maximum Gasteiger partial charge on any atom is 0.133 e. The third-order valence-corrected chi connectivity index (χ3v) is 2.47. The number of aromatic nitrogens is 2. The second-order valence-corrected chi connectivity index (χ2v) is 3.77. The van der Waals surface area contributed by atoms with Gasteiger partial charge in [0.1, 0.15) is 11.6 Å². The smallest absolute Gasteiger partial charge is 0.133 e. The monoisotopic (exact) mass is 231 g/mol. The summed E-state index contributed by atoms with van der Waals surface area (Å²) in [5.41, 5.74) is 6.97. The van der Waals surface area contributed by atoms with Crippen LogP contribution in [0.25, 0.3) is 0 Å². The lowest BCUT2D eigenvalue weighted by Crippen LogP contribution is -2.07. The zero-order valence-electron chi connectivity index (χ0n) is 9.44. The fourth-order valence-corrected chi connectivity index (χ4v) is 1.63. The van der Waals surface area contributed by atoms with E-state index in [0.29, 0.717) is 30.8 Å². The Balaban J connectivity index is 2.18. The summed E-state index contributed by atoms with van der Waals surface area (Å²) in [7, 11) is 0. The highest BCUT2D eigenvalue weighted by atomic mass is 19.1. The van der Waals surface area contributed by atoms with Gasteiger partial charge >= 0.3 is 0 Å². The van der Waals surface area contributed by atoms with E-state index < -0.39 is 0 Å². The Labute approximate surface area is 99.5 Å². The van der Waals surface area contributed by atoms with Crippen LogP contribution in [0.4, 0.5) is 4.39 Å². The molecule has 0 bridgehead atoms. The average molecular weight is 231 g/mol. The Hall–Kier alpha value is -1.81. The Morgan fingerprint density at radius 2 is 2.00 bits per heavy atom. The number of nitrogens with two attached hydrogens (primary N) is 1. The molecule has 88 valence electrons. The number of benzene rings is 1. The van der Waals surface area contributed by atoms with Crippen molar-refractivity contribution >= 4 is 0 Å². The lowest BCUT2D eigenvalue weighted by Gasteiger charge is -2.04. The molecule has 0 fully saturated rings. The van der Waals surface area contributed by atoms with E-state index in [1.165, 1.54) is 6.07 Å². The Kier molecular flexibility index (Phi) is 3.77. The van der Waals surface area contributed by atoms with Gasteiger partial charge in [-0.05, 0) is 24.2 Å². The second kappa shape index (κ2) is 5.50. The molecule has 2 rings (SSSR count). The van der Waals surface area contributed by atoms with E-state index in [-0.39, 0.29) is 5.82 Å². The van der Waals surface area contributed by atoms with Crippen molar-refractivity contribution in [3.8, 4) is 0 Å². The first-order chi connectivity index (χ1) is 8.29. The third-order valence-electron chi connectivity index (χ3n) is 2.47. The lowest BCUT2D eigenvalue weighted by molar-refractivity contribution is 0.612. The maximum absolute atomic E-state index is 13.4. The van der Waals surface area contributed by atoms with Crippen LogP contribution in [-0.4, -0.2) is 16.5 Å². The molecule has 17 heavy (non-hydrogen) atoms. The van der Waals surface area contributed by atoms with Crippen molar-refractivity contribution in [1.82, 2.24) is 9.97 Å². The van der Waals surface area contributed by atoms with E-state index in [1.807, 2.05) is 12.1 Å². The lowest BCUT2D eigenvalue weighted by atomic mass is 10.1. The largest absolute Gasteiger partial charge is 0.330 e. The van der Waals surface area contributed by atoms with E-state index in [4.69, 9.17) is 5.73 Å². The normalized spacial score (nSPS) is 10.5. The molecule has 0 aliphatic carbocycles. The van der Waals surface area contributed by atoms with E-state index >= 15 is 0 Å². The molecule has 0 saturated heterocycles. The molecule has 2 N–H and O–H groups in total. The van der Waals surface area contributed by atoms with Gasteiger partial charge < -0.3 is 5.73 Å². The highest BCUT2D eigenvalue weighted by molar-refractivity contribution is 5.21. The first-order valence-corrected chi connectivity index (χ1v) is 5.54. The van der Waals surface area contributed by atoms with Crippen molar-refractivity contribution in [2.45, 2.75) is 12.8 Å². The number of rotatable bonds is 4. The van der Waals surface area contributed by atoms with Crippen molar-refractivity contribution in [2.75, 3.05) is 6.54 Å². The standard InChI is InChI=1S/C13H14FN3/c14-12-4-2-1-3-10(12)9-13-16-8-6-11(17-13)5-7-15/h1-4,6,8H,5,7,9,15H2. The first-order valence-electron chi connectivity index (χ1n) is 5.54. The summed E-state index contributed by atoms with van der Waals surface area (Å²) in [5.74, 6) is 0.404. The van der Waals surface area contributed by atoms with Crippen LogP contribution in [0.5, 0.6) is 0 Å². The van der Waals surface area contributed by atoms with Gasteiger partial charge in [0.15, 0.2) is 0 Å². The molecule has 0 atom stereocenters. The predicted octanol–water partition coefficient (Wildman–Crippen LogP) is 1.71. The van der Waals surface area contributed by atoms with Gasteiger partial charge in [0.2, 0.25) is 0 Å². The SMILES string of the molecule is NCCc1ccnc(Cc2ccccc2F)n1. The molecule has 1 aromatic heterocycles. The topological polar surface area (TPSA) is 51.8 Å². The maximum atomic E-state index is 13.4. The van der Waals surface area contributed by atoms with Gasteiger partial charge in [-0.3, -0.25) is 0 Å². The fourth-order valence-electron chi connectivity index (χ4n) is 1.63. The van der Waals surface area contributed by atoms with Crippen LogP contribution in [0.2, 0.25) is 0 Å². The summed E-state index contributed by atoms with van der Waals surface area (Å²) in [4.78, 5) is 8.48. The van der Waals surface area contributed by atoms with Gasteiger partial charge in [0, 0.05) is 24.7 Å². The molecule has 0 unspecified atom stereocenters. The Morgan fingerprint density at radius 1 is 1.18 bits per heavy atom. The van der Waals surface area contributed by atoms with Gasteiger partial charge in [-0.15, -0.1) is 0 Å². The quantitative estimate of drug-likeness (QED) is 0.871. The van der Waals surface area contributed by atoms with Crippen LogP contribution in [-0.2, 0) is 12.8 Å². The van der Waals surface area contributed by atoms with Gasteiger partial charge in [-0.25, -0.2) is 14.4 Å². The highest BCUT2D eigenvalue weighted by Gasteiger charge is 2.05. The van der Waals surface area contributed by atoms with Crippen LogP contribution < -0.4 is 5.73 Å².